The van der Waals surface area contributed by atoms with Gasteiger partial charge in [-0.1, -0.05) is 48.6 Å². The van der Waals surface area contributed by atoms with E-state index in [1.807, 2.05) is 0 Å². The summed E-state index contributed by atoms with van der Waals surface area (Å²) in [5, 5.41) is 0. The van der Waals surface area contributed by atoms with Gasteiger partial charge in [0.05, 0.1) is 0 Å². The van der Waals surface area contributed by atoms with Gasteiger partial charge >= 0.3 is 0 Å². The number of nitrogens with zero attached hydrogens (tertiary/aromatic N) is 2. The predicted octanol–water partition coefficient (Wildman–Crippen LogP) is 5.55. The average Bonchev–Trinajstić information content (AvgIpc) is 2.64. The van der Waals surface area contributed by atoms with E-state index < -0.39 is 0 Å². The third-order valence-corrected chi connectivity index (χ3v) is 4.50. The number of anilines is 2. The molecule has 0 saturated carbocycles. The molecule has 0 aliphatic heterocycles. The number of hydrogen-bond donors (Lipinski definition) is 0. The molecule has 128 valence electrons. The smallest absolute Gasteiger partial charge is 0.0460 e. The Morgan fingerprint density at radius 3 is 1.92 bits per heavy atom. The molecule has 2 aromatic carbocycles. The lowest BCUT2D eigenvalue weighted by atomic mass is 10.1. The molecule has 0 atom stereocenters. The molecule has 2 heteroatoms. The quantitative estimate of drug-likeness (QED) is 0.588. The van der Waals surface area contributed by atoms with Gasteiger partial charge < -0.3 is 9.80 Å². The Balaban J connectivity index is 2.40. The molecule has 0 N–H and O–H groups in total. The Hall–Kier alpha value is -2.22. The van der Waals surface area contributed by atoms with Crippen LogP contribution >= 0.6 is 0 Å². The highest BCUT2D eigenvalue weighted by molar-refractivity contribution is 5.79. The molecule has 0 unspecified atom stereocenters. The van der Waals surface area contributed by atoms with Crippen molar-refractivity contribution in [2.24, 2.45) is 0 Å². The van der Waals surface area contributed by atoms with Gasteiger partial charge in [0.2, 0.25) is 0 Å². The fourth-order valence-corrected chi connectivity index (χ4v) is 3.05. The van der Waals surface area contributed by atoms with Crippen molar-refractivity contribution in [3.05, 3.63) is 59.7 Å². The monoisotopic (exact) mass is 322 g/mol. The molecule has 0 amide bonds. The van der Waals surface area contributed by atoms with E-state index in [9.17, 15) is 0 Å². The fraction of sp³-hybridized carbons (Fsp3) is 0.364. The number of hydrogen-bond acceptors (Lipinski definition) is 2. The second kappa shape index (κ2) is 9.17. The Kier molecular flexibility index (Phi) is 6.92. The first-order valence-electron chi connectivity index (χ1n) is 9.10. The lowest BCUT2D eigenvalue weighted by molar-refractivity contribution is 0.851. The van der Waals surface area contributed by atoms with Gasteiger partial charge in [0.25, 0.3) is 0 Å². The molecule has 0 heterocycles. The molecule has 0 saturated heterocycles. The molecule has 0 aliphatic carbocycles. The Morgan fingerprint density at radius 2 is 1.33 bits per heavy atom. The summed E-state index contributed by atoms with van der Waals surface area (Å²) in [6, 6.07) is 17.3. The van der Waals surface area contributed by atoms with Gasteiger partial charge in [-0.15, -0.1) is 0 Å². The molecule has 2 aromatic rings. The maximum absolute atomic E-state index is 2.43. The van der Waals surface area contributed by atoms with Crippen LogP contribution in [0.4, 0.5) is 11.4 Å². The van der Waals surface area contributed by atoms with Gasteiger partial charge in [-0.05, 0) is 51.0 Å². The van der Waals surface area contributed by atoms with Crippen molar-refractivity contribution in [1.29, 1.82) is 0 Å². The molecule has 0 aliphatic rings. The molecule has 2 rings (SSSR count). The molecular weight excluding hydrogens is 292 g/mol. The lowest BCUT2D eigenvalue weighted by Crippen LogP contribution is -2.25. The van der Waals surface area contributed by atoms with Crippen molar-refractivity contribution in [3.8, 4) is 0 Å². The van der Waals surface area contributed by atoms with Crippen LogP contribution < -0.4 is 9.80 Å². The summed E-state index contributed by atoms with van der Waals surface area (Å²) in [6.45, 7) is 13.0. The maximum Gasteiger partial charge on any atom is 0.0460 e. The van der Waals surface area contributed by atoms with Crippen LogP contribution in [0.2, 0.25) is 0 Å². The lowest BCUT2D eigenvalue weighted by Gasteiger charge is -2.27. The van der Waals surface area contributed by atoms with Crippen LogP contribution in [0.5, 0.6) is 0 Å². The van der Waals surface area contributed by atoms with Gasteiger partial charge in [-0.3, -0.25) is 0 Å². The van der Waals surface area contributed by atoms with Gasteiger partial charge in [-0.25, -0.2) is 0 Å². The number of benzene rings is 2. The van der Waals surface area contributed by atoms with Gasteiger partial charge in [-0.2, -0.15) is 0 Å². The highest BCUT2D eigenvalue weighted by atomic mass is 15.1. The summed E-state index contributed by atoms with van der Waals surface area (Å²) in [7, 11) is 0. The topological polar surface area (TPSA) is 6.48 Å². The Labute approximate surface area is 147 Å². The molecule has 0 spiro atoms. The van der Waals surface area contributed by atoms with Gasteiger partial charge in [0.1, 0.15) is 0 Å². The van der Waals surface area contributed by atoms with Crippen LogP contribution in [-0.4, -0.2) is 26.2 Å². The standard InChI is InChI=1S/C22H30N2/c1-5-23(6-2)21-17-16-20(22(18-21)24(7-3)8-4)15-14-19-12-10-9-11-13-19/h9-18H,5-8H2,1-4H3/b15-14+. The van der Waals surface area contributed by atoms with E-state index in [-0.39, 0.29) is 0 Å². The summed E-state index contributed by atoms with van der Waals surface area (Å²) in [6.07, 6.45) is 4.43. The molecule has 0 bridgehead atoms. The average molecular weight is 322 g/mol. The Morgan fingerprint density at radius 1 is 0.708 bits per heavy atom. The van der Waals surface area contributed by atoms with Gasteiger partial charge in [0.15, 0.2) is 0 Å². The highest BCUT2D eigenvalue weighted by Crippen LogP contribution is 2.28. The second-order valence-electron chi connectivity index (χ2n) is 5.83. The fourth-order valence-electron chi connectivity index (χ4n) is 3.05. The van der Waals surface area contributed by atoms with Crippen molar-refractivity contribution in [3.63, 3.8) is 0 Å². The van der Waals surface area contributed by atoms with Crippen molar-refractivity contribution in [2.75, 3.05) is 36.0 Å². The van der Waals surface area contributed by atoms with Crippen LogP contribution in [0.15, 0.2) is 48.5 Å². The molecule has 24 heavy (non-hydrogen) atoms. The minimum Gasteiger partial charge on any atom is -0.372 e. The maximum atomic E-state index is 2.43. The third kappa shape index (κ3) is 4.41. The molecule has 2 nitrogen and oxygen atoms in total. The van der Waals surface area contributed by atoms with E-state index in [2.05, 4.69) is 98.2 Å². The summed E-state index contributed by atoms with van der Waals surface area (Å²) < 4.78 is 0. The van der Waals surface area contributed by atoms with E-state index in [0.717, 1.165) is 26.2 Å². The minimum absolute atomic E-state index is 1.02. The normalized spacial score (nSPS) is 11.0. The van der Waals surface area contributed by atoms with E-state index in [4.69, 9.17) is 0 Å². The molecule has 0 fully saturated rings. The first kappa shape index (κ1) is 18.1. The van der Waals surface area contributed by atoms with E-state index in [0.29, 0.717) is 0 Å². The van der Waals surface area contributed by atoms with E-state index in [1.165, 1.54) is 22.5 Å². The largest absolute Gasteiger partial charge is 0.372 e. The minimum atomic E-state index is 1.02. The first-order valence-corrected chi connectivity index (χ1v) is 9.10. The van der Waals surface area contributed by atoms with Crippen molar-refractivity contribution in [1.82, 2.24) is 0 Å². The van der Waals surface area contributed by atoms with E-state index >= 15 is 0 Å². The van der Waals surface area contributed by atoms with Crippen molar-refractivity contribution >= 4 is 23.5 Å². The van der Waals surface area contributed by atoms with Crippen LogP contribution in [0.25, 0.3) is 12.2 Å². The second-order valence-corrected chi connectivity index (χ2v) is 5.83. The SMILES string of the molecule is CCN(CC)c1ccc(/C=C/c2ccccc2)c(N(CC)CC)c1. The highest BCUT2D eigenvalue weighted by Gasteiger charge is 2.10. The van der Waals surface area contributed by atoms with Crippen LogP contribution in [-0.2, 0) is 0 Å². The van der Waals surface area contributed by atoms with Gasteiger partial charge in [0, 0.05) is 37.6 Å². The first-order chi connectivity index (χ1) is 11.7. The summed E-state index contributed by atoms with van der Waals surface area (Å²) in [4.78, 5) is 4.83. The summed E-state index contributed by atoms with van der Waals surface area (Å²) in [5.74, 6) is 0. The van der Waals surface area contributed by atoms with Crippen LogP contribution in [0.1, 0.15) is 38.8 Å². The molecule has 0 radical (unpaired) electrons. The Bertz CT molecular complexity index is 638. The zero-order valence-electron chi connectivity index (χ0n) is 15.5. The zero-order valence-corrected chi connectivity index (χ0v) is 15.5. The molecular formula is C22H30N2. The van der Waals surface area contributed by atoms with E-state index in [1.54, 1.807) is 0 Å². The van der Waals surface area contributed by atoms with Crippen LogP contribution in [0.3, 0.4) is 0 Å². The summed E-state index contributed by atoms with van der Waals surface area (Å²) in [5.41, 5.74) is 5.13. The van der Waals surface area contributed by atoms with Crippen molar-refractivity contribution in [2.45, 2.75) is 27.7 Å². The predicted molar refractivity (Wildman–Crippen MR) is 109 cm³/mol. The zero-order chi connectivity index (χ0) is 17.4. The van der Waals surface area contributed by atoms with Crippen molar-refractivity contribution < 1.29 is 0 Å². The molecule has 0 aromatic heterocycles. The third-order valence-electron chi connectivity index (χ3n) is 4.50. The summed E-state index contributed by atoms with van der Waals surface area (Å²) >= 11 is 0. The van der Waals surface area contributed by atoms with Crippen LogP contribution in [0, 0.1) is 0 Å². The number of rotatable bonds is 8.